The lowest BCUT2D eigenvalue weighted by Crippen LogP contribution is -2.27. The first-order chi connectivity index (χ1) is 14.2. The van der Waals surface area contributed by atoms with Crippen molar-refractivity contribution in [1.29, 1.82) is 0 Å². The Bertz CT molecular complexity index is 978. The number of nitrogens with one attached hydrogen (secondary N) is 1. The highest BCUT2D eigenvalue weighted by atomic mass is 16.6. The van der Waals surface area contributed by atoms with Crippen molar-refractivity contribution in [2.45, 2.75) is 6.04 Å². The van der Waals surface area contributed by atoms with Gasteiger partial charge in [0, 0.05) is 6.08 Å². The second kappa shape index (κ2) is 8.56. The summed E-state index contributed by atoms with van der Waals surface area (Å²) in [5, 5.41) is 2.99. The number of methoxy groups -OCH3 is 1. The summed E-state index contributed by atoms with van der Waals surface area (Å²) in [6.07, 6.45) is 4.78. The fourth-order valence-corrected chi connectivity index (χ4v) is 3.17. The Morgan fingerprint density at radius 3 is 2.69 bits per heavy atom. The molecule has 29 heavy (non-hydrogen) atoms. The molecule has 1 unspecified atom stereocenters. The van der Waals surface area contributed by atoms with E-state index in [1.807, 2.05) is 42.5 Å². The highest BCUT2D eigenvalue weighted by molar-refractivity contribution is 5.92. The van der Waals surface area contributed by atoms with E-state index >= 15 is 0 Å². The van der Waals surface area contributed by atoms with Crippen LogP contribution in [-0.4, -0.2) is 26.2 Å². The molecule has 2 heterocycles. The SMILES string of the molecule is COc1cc(C=CC(=O)NC(c2ccccc2)c2ccco2)cc2c1OCCO2. The highest BCUT2D eigenvalue weighted by Crippen LogP contribution is 2.40. The molecule has 0 bridgehead atoms. The normalized spacial score (nSPS) is 13.8. The van der Waals surface area contributed by atoms with Gasteiger partial charge in [0.2, 0.25) is 11.7 Å². The summed E-state index contributed by atoms with van der Waals surface area (Å²) in [5.74, 6) is 2.18. The molecule has 1 aliphatic heterocycles. The molecule has 0 spiro atoms. The minimum Gasteiger partial charge on any atom is -0.493 e. The number of fused-ring (bicyclic) bond motifs is 1. The van der Waals surface area contributed by atoms with E-state index in [0.717, 1.165) is 11.1 Å². The van der Waals surface area contributed by atoms with Crippen molar-refractivity contribution in [2.75, 3.05) is 20.3 Å². The number of ether oxygens (including phenoxy) is 3. The molecule has 0 aliphatic carbocycles. The zero-order chi connectivity index (χ0) is 20.1. The lowest BCUT2D eigenvalue weighted by atomic mass is 10.0. The van der Waals surface area contributed by atoms with Crippen molar-refractivity contribution < 1.29 is 23.4 Å². The smallest absolute Gasteiger partial charge is 0.244 e. The molecule has 148 valence electrons. The molecule has 1 aromatic heterocycles. The Balaban J connectivity index is 1.53. The molecule has 0 fully saturated rings. The summed E-state index contributed by atoms with van der Waals surface area (Å²) in [6.45, 7) is 0.959. The Morgan fingerprint density at radius 1 is 1.10 bits per heavy atom. The quantitative estimate of drug-likeness (QED) is 0.644. The van der Waals surface area contributed by atoms with Gasteiger partial charge in [-0.05, 0) is 41.5 Å². The Morgan fingerprint density at radius 2 is 1.93 bits per heavy atom. The van der Waals surface area contributed by atoms with E-state index in [0.29, 0.717) is 36.2 Å². The zero-order valence-electron chi connectivity index (χ0n) is 16.0. The third kappa shape index (κ3) is 4.27. The van der Waals surface area contributed by atoms with Gasteiger partial charge >= 0.3 is 0 Å². The average molecular weight is 391 g/mol. The molecule has 1 atom stereocenters. The first kappa shape index (κ1) is 18.7. The molecule has 6 nitrogen and oxygen atoms in total. The summed E-state index contributed by atoms with van der Waals surface area (Å²) in [4.78, 5) is 12.6. The molecule has 3 aromatic rings. The lowest BCUT2D eigenvalue weighted by Gasteiger charge is -2.21. The van der Waals surface area contributed by atoms with Crippen LogP contribution < -0.4 is 19.5 Å². The van der Waals surface area contributed by atoms with E-state index in [-0.39, 0.29) is 11.9 Å². The van der Waals surface area contributed by atoms with Crippen LogP contribution in [0.5, 0.6) is 17.2 Å². The molecule has 4 rings (SSSR count). The van der Waals surface area contributed by atoms with E-state index in [1.54, 1.807) is 31.6 Å². The Labute approximate surface area is 168 Å². The fourth-order valence-electron chi connectivity index (χ4n) is 3.17. The number of furan rings is 1. The van der Waals surface area contributed by atoms with Gasteiger partial charge in [0.1, 0.15) is 25.0 Å². The maximum atomic E-state index is 12.6. The van der Waals surface area contributed by atoms with Gasteiger partial charge in [-0.2, -0.15) is 0 Å². The first-order valence-corrected chi connectivity index (χ1v) is 9.29. The van der Waals surface area contributed by atoms with Crippen molar-refractivity contribution in [3.05, 3.63) is 83.8 Å². The number of carbonyl (C=O) groups is 1. The number of carbonyl (C=O) groups excluding carboxylic acids is 1. The molecular weight excluding hydrogens is 370 g/mol. The van der Waals surface area contributed by atoms with E-state index in [4.69, 9.17) is 18.6 Å². The van der Waals surface area contributed by atoms with E-state index in [1.165, 1.54) is 6.08 Å². The molecule has 0 radical (unpaired) electrons. The number of amides is 1. The van der Waals surface area contributed by atoms with Gasteiger partial charge in [-0.3, -0.25) is 4.79 Å². The van der Waals surface area contributed by atoms with Crippen molar-refractivity contribution in [3.8, 4) is 17.2 Å². The second-order valence-electron chi connectivity index (χ2n) is 6.45. The summed E-state index contributed by atoms with van der Waals surface area (Å²) < 4.78 is 22.1. The van der Waals surface area contributed by atoms with Crippen LogP contribution in [0.25, 0.3) is 6.08 Å². The van der Waals surface area contributed by atoms with Crippen LogP contribution in [0.2, 0.25) is 0 Å². The topological polar surface area (TPSA) is 69.9 Å². The largest absolute Gasteiger partial charge is 0.493 e. The van der Waals surface area contributed by atoms with E-state index in [2.05, 4.69) is 5.32 Å². The number of hydrogen-bond donors (Lipinski definition) is 1. The van der Waals surface area contributed by atoms with Crippen LogP contribution in [0.4, 0.5) is 0 Å². The molecule has 0 saturated heterocycles. The van der Waals surface area contributed by atoms with Crippen LogP contribution >= 0.6 is 0 Å². The Kier molecular flexibility index (Phi) is 5.52. The predicted molar refractivity (Wildman–Crippen MR) is 108 cm³/mol. The summed E-state index contributed by atoms with van der Waals surface area (Å²) in [5.41, 5.74) is 1.71. The average Bonchev–Trinajstić information content (AvgIpc) is 3.30. The first-order valence-electron chi connectivity index (χ1n) is 9.29. The highest BCUT2D eigenvalue weighted by Gasteiger charge is 2.19. The van der Waals surface area contributed by atoms with E-state index in [9.17, 15) is 4.79 Å². The summed E-state index contributed by atoms with van der Waals surface area (Å²) >= 11 is 0. The summed E-state index contributed by atoms with van der Waals surface area (Å²) in [7, 11) is 1.57. The third-order valence-electron chi connectivity index (χ3n) is 4.52. The van der Waals surface area contributed by atoms with Gasteiger partial charge in [0.15, 0.2) is 11.5 Å². The second-order valence-corrected chi connectivity index (χ2v) is 6.45. The molecule has 1 N–H and O–H groups in total. The van der Waals surface area contributed by atoms with Crippen molar-refractivity contribution in [1.82, 2.24) is 5.32 Å². The van der Waals surface area contributed by atoms with Crippen molar-refractivity contribution >= 4 is 12.0 Å². The summed E-state index contributed by atoms with van der Waals surface area (Å²) in [6, 6.07) is 16.6. The standard InChI is InChI=1S/C23H21NO5/c1-26-19-14-16(15-20-23(19)29-13-12-28-20)9-10-21(25)24-22(18-8-5-11-27-18)17-6-3-2-4-7-17/h2-11,14-15,22H,12-13H2,1H3,(H,24,25). The molecule has 6 heteroatoms. The van der Waals surface area contributed by atoms with Gasteiger partial charge in [0.05, 0.1) is 13.4 Å². The molecular formula is C23H21NO5. The number of rotatable bonds is 6. The van der Waals surface area contributed by atoms with Crippen molar-refractivity contribution in [2.24, 2.45) is 0 Å². The van der Waals surface area contributed by atoms with E-state index < -0.39 is 0 Å². The third-order valence-corrected chi connectivity index (χ3v) is 4.52. The van der Waals surface area contributed by atoms with Gasteiger partial charge < -0.3 is 23.9 Å². The maximum Gasteiger partial charge on any atom is 0.244 e. The molecule has 0 saturated carbocycles. The number of benzene rings is 2. The number of hydrogen-bond acceptors (Lipinski definition) is 5. The van der Waals surface area contributed by atoms with Crippen LogP contribution in [-0.2, 0) is 4.79 Å². The molecule has 1 aliphatic rings. The minimum absolute atomic E-state index is 0.246. The fraction of sp³-hybridized carbons (Fsp3) is 0.174. The maximum absolute atomic E-state index is 12.6. The van der Waals surface area contributed by atoms with Crippen LogP contribution in [0.15, 0.2) is 71.4 Å². The predicted octanol–water partition coefficient (Wildman–Crippen LogP) is 3.98. The molecule has 2 aromatic carbocycles. The van der Waals surface area contributed by atoms with Gasteiger partial charge in [0.25, 0.3) is 0 Å². The zero-order valence-corrected chi connectivity index (χ0v) is 16.0. The van der Waals surface area contributed by atoms with Crippen molar-refractivity contribution in [3.63, 3.8) is 0 Å². The lowest BCUT2D eigenvalue weighted by molar-refractivity contribution is -0.117. The Hall–Kier alpha value is -3.67. The molecule has 1 amide bonds. The minimum atomic E-state index is -0.377. The van der Waals surface area contributed by atoms with Crippen LogP contribution in [0, 0.1) is 0 Å². The van der Waals surface area contributed by atoms with Crippen LogP contribution in [0.1, 0.15) is 22.9 Å². The van der Waals surface area contributed by atoms with Gasteiger partial charge in [-0.25, -0.2) is 0 Å². The van der Waals surface area contributed by atoms with Gasteiger partial charge in [-0.1, -0.05) is 30.3 Å². The van der Waals surface area contributed by atoms with Gasteiger partial charge in [-0.15, -0.1) is 0 Å². The monoisotopic (exact) mass is 391 g/mol. The van der Waals surface area contributed by atoms with Crippen LogP contribution in [0.3, 0.4) is 0 Å².